The third-order valence-electron chi connectivity index (χ3n) is 2.92. The number of sulfonamides is 1. The van der Waals surface area contributed by atoms with Crippen LogP contribution in [0.4, 0.5) is 0 Å². The molecule has 7 nitrogen and oxygen atoms in total. The van der Waals surface area contributed by atoms with Crippen LogP contribution in [0.25, 0.3) is 0 Å². The Bertz CT molecular complexity index is 856. The summed E-state index contributed by atoms with van der Waals surface area (Å²) in [7, 11) is -2.75. The van der Waals surface area contributed by atoms with Gasteiger partial charge in [0.1, 0.15) is 16.4 Å². The van der Waals surface area contributed by atoms with E-state index in [4.69, 9.17) is 9.84 Å². The van der Waals surface area contributed by atoms with E-state index in [-0.39, 0.29) is 22.0 Å². The van der Waals surface area contributed by atoms with E-state index in [9.17, 15) is 18.3 Å². The number of carboxylic acid groups (broad SMARTS) is 1. The molecule has 2 N–H and O–H groups in total. The predicted octanol–water partition coefficient (Wildman–Crippen LogP) is 1.91. The molecule has 2 aromatic carbocycles. The minimum atomic E-state index is -4.03. The van der Waals surface area contributed by atoms with Crippen LogP contribution in [-0.4, -0.2) is 37.9 Å². The molecule has 0 aliphatic rings. The van der Waals surface area contributed by atoms with Crippen LogP contribution in [0.1, 0.15) is 15.9 Å². The first-order valence-corrected chi connectivity index (χ1v) is 7.78. The van der Waals surface area contributed by atoms with Crippen molar-refractivity contribution >= 4 is 22.2 Å². The SMILES string of the molecule is COc1cc(O)ccc1S(=O)(=O)N=Cc1ccc(C(=O)O)cc1. The zero-order chi connectivity index (χ0) is 17.0. The minimum Gasteiger partial charge on any atom is -0.508 e. The molecule has 0 radical (unpaired) electrons. The number of hydrogen-bond acceptors (Lipinski definition) is 5. The van der Waals surface area contributed by atoms with Gasteiger partial charge in [0, 0.05) is 12.3 Å². The van der Waals surface area contributed by atoms with Gasteiger partial charge in [-0.15, -0.1) is 0 Å². The van der Waals surface area contributed by atoms with Crippen molar-refractivity contribution in [3.05, 3.63) is 53.6 Å². The molecule has 23 heavy (non-hydrogen) atoms. The van der Waals surface area contributed by atoms with Gasteiger partial charge in [0.05, 0.1) is 12.7 Å². The lowest BCUT2D eigenvalue weighted by atomic mass is 10.1. The Morgan fingerprint density at radius 2 is 1.83 bits per heavy atom. The average molecular weight is 335 g/mol. The van der Waals surface area contributed by atoms with Crippen LogP contribution in [0.5, 0.6) is 11.5 Å². The first-order valence-electron chi connectivity index (χ1n) is 6.34. The van der Waals surface area contributed by atoms with Crippen molar-refractivity contribution in [2.45, 2.75) is 4.90 Å². The number of ether oxygens (including phenoxy) is 1. The molecule has 0 aliphatic heterocycles. The van der Waals surface area contributed by atoms with Crippen LogP contribution < -0.4 is 4.74 Å². The van der Waals surface area contributed by atoms with Crippen molar-refractivity contribution in [2.24, 2.45) is 4.40 Å². The first kappa shape index (κ1) is 16.5. The summed E-state index contributed by atoms with van der Waals surface area (Å²) in [6.07, 6.45) is 1.10. The van der Waals surface area contributed by atoms with Gasteiger partial charge in [-0.25, -0.2) is 4.79 Å². The molecule has 0 saturated heterocycles. The molecule has 0 amide bonds. The van der Waals surface area contributed by atoms with E-state index in [1.54, 1.807) is 0 Å². The molecule has 120 valence electrons. The highest BCUT2D eigenvalue weighted by Crippen LogP contribution is 2.28. The molecule has 2 aromatic rings. The van der Waals surface area contributed by atoms with Crippen molar-refractivity contribution in [3.8, 4) is 11.5 Å². The van der Waals surface area contributed by atoms with E-state index in [0.29, 0.717) is 5.56 Å². The van der Waals surface area contributed by atoms with Crippen molar-refractivity contribution < 1.29 is 28.2 Å². The number of phenols is 1. The Labute approximate surface area is 132 Å². The highest BCUT2D eigenvalue weighted by Gasteiger charge is 2.18. The zero-order valence-electron chi connectivity index (χ0n) is 12.0. The lowest BCUT2D eigenvalue weighted by Gasteiger charge is -2.06. The molecule has 0 spiro atoms. The molecule has 0 atom stereocenters. The summed E-state index contributed by atoms with van der Waals surface area (Å²) in [5.74, 6) is -1.23. The van der Waals surface area contributed by atoms with E-state index >= 15 is 0 Å². The number of carboxylic acids is 1. The molecule has 0 bridgehead atoms. The molecular formula is C15H13NO6S. The Morgan fingerprint density at radius 1 is 1.17 bits per heavy atom. The second-order valence-corrected chi connectivity index (χ2v) is 6.07. The molecule has 0 saturated carbocycles. The third kappa shape index (κ3) is 3.86. The number of benzene rings is 2. The topological polar surface area (TPSA) is 113 Å². The maximum atomic E-state index is 12.2. The van der Waals surface area contributed by atoms with Gasteiger partial charge in [0.25, 0.3) is 10.0 Å². The van der Waals surface area contributed by atoms with E-state index in [2.05, 4.69) is 4.40 Å². The molecule has 2 rings (SSSR count). The molecule has 0 aromatic heterocycles. The van der Waals surface area contributed by atoms with Crippen LogP contribution in [0, 0.1) is 0 Å². The van der Waals surface area contributed by atoms with Gasteiger partial charge in [-0.3, -0.25) is 0 Å². The number of rotatable bonds is 5. The number of aromatic carboxylic acids is 1. The molecule has 0 heterocycles. The summed E-state index contributed by atoms with van der Waals surface area (Å²) >= 11 is 0. The summed E-state index contributed by atoms with van der Waals surface area (Å²) in [5, 5.41) is 18.2. The standard InChI is InChI=1S/C15H13NO6S/c1-22-13-8-12(17)6-7-14(13)23(20,21)16-9-10-2-4-11(5-3-10)15(18)19/h2-9,17H,1H3,(H,18,19). The maximum absolute atomic E-state index is 12.2. The molecule has 0 aliphatic carbocycles. The maximum Gasteiger partial charge on any atom is 0.335 e. The second-order valence-electron chi connectivity index (χ2n) is 4.47. The highest BCUT2D eigenvalue weighted by molar-refractivity contribution is 7.90. The third-order valence-corrected chi connectivity index (χ3v) is 4.20. The minimum absolute atomic E-state index is 0.0247. The predicted molar refractivity (Wildman–Crippen MR) is 82.8 cm³/mol. The average Bonchev–Trinajstić information content (AvgIpc) is 2.53. The largest absolute Gasteiger partial charge is 0.508 e. The fourth-order valence-corrected chi connectivity index (χ4v) is 2.78. The van der Waals surface area contributed by atoms with Crippen molar-refractivity contribution in [2.75, 3.05) is 7.11 Å². The van der Waals surface area contributed by atoms with E-state index in [1.807, 2.05) is 0 Å². The number of nitrogens with zero attached hydrogens (tertiary/aromatic N) is 1. The number of phenolic OH excluding ortho intramolecular Hbond substituents is 1. The van der Waals surface area contributed by atoms with E-state index in [1.165, 1.54) is 49.6 Å². The monoisotopic (exact) mass is 335 g/mol. The Morgan fingerprint density at radius 3 is 2.39 bits per heavy atom. The summed E-state index contributed by atoms with van der Waals surface area (Å²) in [5.41, 5.74) is 0.515. The summed E-state index contributed by atoms with van der Waals surface area (Å²) in [6.45, 7) is 0. The van der Waals surface area contributed by atoms with Gasteiger partial charge in [0.2, 0.25) is 0 Å². The number of methoxy groups -OCH3 is 1. The molecule has 8 heteroatoms. The lowest BCUT2D eigenvalue weighted by molar-refractivity contribution is 0.0697. The van der Waals surface area contributed by atoms with Crippen molar-refractivity contribution in [1.29, 1.82) is 0 Å². The van der Waals surface area contributed by atoms with Gasteiger partial charge in [-0.05, 0) is 29.8 Å². The summed E-state index contributed by atoms with van der Waals surface area (Å²) in [4.78, 5) is 10.6. The van der Waals surface area contributed by atoms with Gasteiger partial charge in [-0.2, -0.15) is 12.8 Å². The quantitative estimate of drug-likeness (QED) is 0.807. The van der Waals surface area contributed by atoms with Gasteiger partial charge < -0.3 is 14.9 Å². The van der Waals surface area contributed by atoms with Crippen LogP contribution in [-0.2, 0) is 10.0 Å². The van der Waals surface area contributed by atoms with Gasteiger partial charge in [-0.1, -0.05) is 12.1 Å². The van der Waals surface area contributed by atoms with Crippen LogP contribution in [0.15, 0.2) is 51.8 Å². The fourth-order valence-electron chi connectivity index (χ4n) is 1.77. The van der Waals surface area contributed by atoms with Crippen LogP contribution in [0.3, 0.4) is 0 Å². The molecule has 0 unspecified atom stereocenters. The van der Waals surface area contributed by atoms with Gasteiger partial charge >= 0.3 is 5.97 Å². The molecular weight excluding hydrogens is 322 g/mol. The smallest absolute Gasteiger partial charge is 0.335 e. The number of carbonyl (C=O) groups is 1. The fraction of sp³-hybridized carbons (Fsp3) is 0.0667. The lowest BCUT2D eigenvalue weighted by Crippen LogP contribution is -2.01. The highest BCUT2D eigenvalue weighted by atomic mass is 32.2. The van der Waals surface area contributed by atoms with Crippen molar-refractivity contribution in [3.63, 3.8) is 0 Å². The Balaban J connectivity index is 2.32. The normalized spacial score (nSPS) is 11.5. The number of hydrogen-bond donors (Lipinski definition) is 2. The second kappa shape index (κ2) is 6.49. The van der Waals surface area contributed by atoms with E-state index < -0.39 is 16.0 Å². The zero-order valence-corrected chi connectivity index (χ0v) is 12.8. The summed E-state index contributed by atoms with van der Waals surface area (Å²) < 4.78 is 32.9. The van der Waals surface area contributed by atoms with Crippen molar-refractivity contribution in [1.82, 2.24) is 0 Å². The summed E-state index contributed by atoms with van der Waals surface area (Å²) in [6, 6.07) is 9.15. The van der Waals surface area contributed by atoms with Gasteiger partial charge in [0.15, 0.2) is 0 Å². The molecule has 0 fully saturated rings. The van der Waals surface area contributed by atoms with E-state index in [0.717, 1.165) is 6.21 Å². The number of aromatic hydroxyl groups is 1. The first-order chi connectivity index (χ1) is 10.8. The Kier molecular flexibility index (Phi) is 4.65. The van der Waals surface area contributed by atoms with Crippen LogP contribution in [0.2, 0.25) is 0 Å². The Hall–Kier alpha value is -2.87. The van der Waals surface area contributed by atoms with Crippen LogP contribution >= 0.6 is 0 Å².